The standard InChI is InChI=1S/C21H31N7O/c1-15-10-21(25-16(2)24-15)27-8-5-18(6-9-27)26-19-11-20(23-14-22-19)28-7-3-4-17(12-28)13-29/h10-11,14,17-18,29H,3-9,12-13H2,1-2H3,(H,22,23,26). The van der Waals surface area contributed by atoms with Gasteiger partial charge in [-0.15, -0.1) is 0 Å². The molecule has 0 amide bonds. The molecule has 2 aliphatic rings. The van der Waals surface area contributed by atoms with E-state index in [-0.39, 0.29) is 6.61 Å². The summed E-state index contributed by atoms with van der Waals surface area (Å²) in [7, 11) is 0. The number of aliphatic hydroxyl groups excluding tert-OH is 1. The lowest BCUT2D eigenvalue weighted by Crippen LogP contribution is -2.40. The van der Waals surface area contributed by atoms with E-state index in [2.05, 4.69) is 41.1 Å². The fourth-order valence-corrected chi connectivity index (χ4v) is 4.34. The molecule has 0 spiro atoms. The Morgan fingerprint density at radius 2 is 1.83 bits per heavy atom. The Bertz CT molecular complexity index is 802. The number of nitrogens with zero attached hydrogens (tertiary/aromatic N) is 6. The Hall–Kier alpha value is -2.48. The number of aromatic nitrogens is 4. The SMILES string of the molecule is Cc1cc(N2CCC(Nc3cc(N4CCCC(CO)C4)ncn3)CC2)nc(C)n1. The summed E-state index contributed by atoms with van der Waals surface area (Å²) in [5, 5.41) is 13.1. The third-order valence-electron chi connectivity index (χ3n) is 5.88. The average molecular weight is 398 g/mol. The van der Waals surface area contributed by atoms with Gasteiger partial charge in [-0.3, -0.25) is 0 Å². The number of nitrogens with one attached hydrogen (secondary N) is 1. The minimum absolute atomic E-state index is 0.247. The molecule has 156 valence electrons. The van der Waals surface area contributed by atoms with E-state index >= 15 is 0 Å². The summed E-state index contributed by atoms with van der Waals surface area (Å²) in [6.07, 6.45) is 5.91. The van der Waals surface area contributed by atoms with Gasteiger partial charge in [0, 0.05) is 56.7 Å². The zero-order chi connectivity index (χ0) is 20.2. The molecule has 1 unspecified atom stereocenters. The third kappa shape index (κ3) is 4.93. The van der Waals surface area contributed by atoms with Gasteiger partial charge in [-0.1, -0.05) is 0 Å². The molecule has 1 atom stereocenters. The first-order chi connectivity index (χ1) is 14.1. The van der Waals surface area contributed by atoms with E-state index in [1.54, 1.807) is 6.33 Å². The molecule has 0 saturated carbocycles. The second-order valence-corrected chi connectivity index (χ2v) is 8.22. The van der Waals surface area contributed by atoms with Crippen LogP contribution in [0.3, 0.4) is 0 Å². The molecule has 0 radical (unpaired) electrons. The number of rotatable bonds is 5. The maximum atomic E-state index is 9.48. The molecule has 2 fully saturated rings. The predicted molar refractivity (Wildman–Crippen MR) is 114 cm³/mol. The Morgan fingerprint density at radius 3 is 2.59 bits per heavy atom. The number of hydrogen-bond donors (Lipinski definition) is 2. The monoisotopic (exact) mass is 397 g/mol. The van der Waals surface area contributed by atoms with Gasteiger partial charge < -0.3 is 20.2 Å². The topological polar surface area (TPSA) is 90.3 Å². The highest BCUT2D eigenvalue weighted by molar-refractivity contribution is 5.49. The second kappa shape index (κ2) is 8.90. The van der Waals surface area contributed by atoms with Crippen molar-refractivity contribution >= 4 is 17.5 Å². The number of aliphatic hydroxyl groups is 1. The Kier molecular flexibility index (Phi) is 6.08. The largest absolute Gasteiger partial charge is 0.396 e. The summed E-state index contributed by atoms with van der Waals surface area (Å²) in [4.78, 5) is 22.5. The minimum Gasteiger partial charge on any atom is -0.396 e. The number of anilines is 3. The maximum absolute atomic E-state index is 9.48. The van der Waals surface area contributed by atoms with Gasteiger partial charge in [-0.05, 0) is 45.4 Å². The van der Waals surface area contributed by atoms with Crippen molar-refractivity contribution in [2.45, 2.75) is 45.6 Å². The van der Waals surface area contributed by atoms with Gasteiger partial charge in [0.1, 0.15) is 29.6 Å². The van der Waals surface area contributed by atoms with Gasteiger partial charge in [-0.2, -0.15) is 0 Å². The van der Waals surface area contributed by atoms with Gasteiger partial charge in [0.2, 0.25) is 0 Å². The van der Waals surface area contributed by atoms with Crippen LogP contribution in [0, 0.1) is 19.8 Å². The van der Waals surface area contributed by atoms with E-state index in [0.29, 0.717) is 12.0 Å². The lowest BCUT2D eigenvalue weighted by atomic mass is 9.99. The van der Waals surface area contributed by atoms with Crippen LogP contribution in [0.1, 0.15) is 37.2 Å². The van der Waals surface area contributed by atoms with E-state index in [1.165, 1.54) is 0 Å². The lowest BCUT2D eigenvalue weighted by molar-refractivity contribution is 0.208. The van der Waals surface area contributed by atoms with Gasteiger partial charge in [0.05, 0.1) is 0 Å². The normalized spacial score (nSPS) is 20.7. The predicted octanol–water partition coefficient (Wildman–Crippen LogP) is 2.17. The molecule has 2 aromatic heterocycles. The first kappa shape index (κ1) is 19.8. The van der Waals surface area contributed by atoms with E-state index in [1.807, 2.05) is 19.9 Å². The maximum Gasteiger partial charge on any atom is 0.134 e. The molecular weight excluding hydrogens is 366 g/mol. The molecular formula is C21H31N7O. The number of hydrogen-bond acceptors (Lipinski definition) is 8. The van der Waals surface area contributed by atoms with E-state index in [9.17, 15) is 5.11 Å². The first-order valence-corrected chi connectivity index (χ1v) is 10.6. The Morgan fingerprint density at radius 1 is 1.00 bits per heavy atom. The van der Waals surface area contributed by atoms with Crippen molar-refractivity contribution in [3.63, 3.8) is 0 Å². The van der Waals surface area contributed by atoms with Crippen LogP contribution < -0.4 is 15.1 Å². The third-order valence-corrected chi connectivity index (χ3v) is 5.88. The van der Waals surface area contributed by atoms with Crippen molar-refractivity contribution < 1.29 is 5.11 Å². The quantitative estimate of drug-likeness (QED) is 0.793. The lowest BCUT2D eigenvalue weighted by Gasteiger charge is -2.34. The summed E-state index contributed by atoms with van der Waals surface area (Å²) in [6, 6.07) is 4.50. The molecule has 2 aliphatic heterocycles. The molecule has 8 nitrogen and oxygen atoms in total. The number of piperidine rings is 2. The second-order valence-electron chi connectivity index (χ2n) is 8.22. The summed E-state index contributed by atoms with van der Waals surface area (Å²) in [6.45, 7) is 8.00. The van der Waals surface area contributed by atoms with E-state index < -0.39 is 0 Å². The van der Waals surface area contributed by atoms with Crippen molar-refractivity contribution in [1.82, 2.24) is 19.9 Å². The fourth-order valence-electron chi connectivity index (χ4n) is 4.34. The summed E-state index contributed by atoms with van der Waals surface area (Å²) >= 11 is 0. The molecule has 0 aromatic carbocycles. The van der Waals surface area contributed by atoms with Gasteiger partial charge in [0.15, 0.2) is 0 Å². The molecule has 4 heterocycles. The van der Waals surface area contributed by atoms with Crippen LogP contribution >= 0.6 is 0 Å². The van der Waals surface area contributed by atoms with E-state index in [0.717, 1.165) is 80.8 Å². The van der Waals surface area contributed by atoms with Gasteiger partial charge in [-0.25, -0.2) is 19.9 Å². The van der Waals surface area contributed by atoms with Crippen LogP contribution in [-0.2, 0) is 0 Å². The average Bonchev–Trinajstić information content (AvgIpc) is 2.74. The molecule has 2 aromatic rings. The van der Waals surface area contributed by atoms with Crippen LogP contribution in [0.2, 0.25) is 0 Å². The van der Waals surface area contributed by atoms with E-state index in [4.69, 9.17) is 0 Å². The summed E-state index contributed by atoms with van der Waals surface area (Å²) < 4.78 is 0. The highest BCUT2D eigenvalue weighted by Gasteiger charge is 2.23. The van der Waals surface area contributed by atoms with Crippen molar-refractivity contribution in [2.24, 2.45) is 5.92 Å². The van der Waals surface area contributed by atoms with Crippen LogP contribution in [0.25, 0.3) is 0 Å². The van der Waals surface area contributed by atoms with Crippen LogP contribution in [0.4, 0.5) is 17.5 Å². The van der Waals surface area contributed by atoms with Crippen LogP contribution in [-0.4, -0.2) is 63.9 Å². The molecule has 2 N–H and O–H groups in total. The van der Waals surface area contributed by atoms with Crippen molar-refractivity contribution in [3.8, 4) is 0 Å². The summed E-state index contributed by atoms with van der Waals surface area (Å²) in [5.74, 6) is 4.03. The molecule has 2 saturated heterocycles. The van der Waals surface area contributed by atoms with Gasteiger partial charge in [0.25, 0.3) is 0 Å². The first-order valence-electron chi connectivity index (χ1n) is 10.6. The summed E-state index contributed by atoms with van der Waals surface area (Å²) in [5.41, 5.74) is 1.02. The zero-order valence-electron chi connectivity index (χ0n) is 17.4. The minimum atomic E-state index is 0.247. The van der Waals surface area contributed by atoms with Crippen molar-refractivity contribution in [3.05, 3.63) is 30.0 Å². The molecule has 8 heteroatoms. The van der Waals surface area contributed by atoms with Crippen LogP contribution in [0.15, 0.2) is 18.5 Å². The zero-order valence-corrected chi connectivity index (χ0v) is 17.4. The molecule has 4 rings (SSSR count). The van der Waals surface area contributed by atoms with Crippen molar-refractivity contribution in [1.29, 1.82) is 0 Å². The highest BCUT2D eigenvalue weighted by Crippen LogP contribution is 2.24. The molecule has 29 heavy (non-hydrogen) atoms. The molecule has 0 bridgehead atoms. The van der Waals surface area contributed by atoms with Gasteiger partial charge >= 0.3 is 0 Å². The highest BCUT2D eigenvalue weighted by atomic mass is 16.3. The fraction of sp³-hybridized carbons (Fsp3) is 0.619. The Labute approximate surface area is 172 Å². The van der Waals surface area contributed by atoms with Crippen LogP contribution in [0.5, 0.6) is 0 Å². The molecule has 0 aliphatic carbocycles. The smallest absolute Gasteiger partial charge is 0.134 e. The van der Waals surface area contributed by atoms with Crippen molar-refractivity contribution in [2.75, 3.05) is 47.9 Å². The number of aryl methyl sites for hydroxylation is 2. The Balaban J connectivity index is 1.35.